The zero-order chi connectivity index (χ0) is 14.1. The van der Waals surface area contributed by atoms with Gasteiger partial charge in [0.1, 0.15) is 0 Å². The Morgan fingerprint density at radius 2 is 2.15 bits per heavy atom. The number of hydrogen-bond donors (Lipinski definition) is 1. The number of carbonyl (C=O) groups is 1. The number of rotatable bonds is 3. The third-order valence-corrected chi connectivity index (χ3v) is 3.16. The monoisotopic (exact) mass is 268 g/mol. The Morgan fingerprint density at radius 1 is 1.30 bits per heavy atom. The number of carboxylic acids is 1. The first-order chi connectivity index (χ1) is 9.66. The van der Waals surface area contributed by atoms with Crippen LogP contribution >= 0.6 is 0 Å². The van der Waals surface area contributed by atoms with Gasteiger partial charge in [0.05, 0.1) is 29.0 Å². The quantitative estimate of drug-likeness (QED) is 0.782. The fourth-order valence-corrected chi connectivity index (χ4v) is 2.17. The minimum atomic E-state index is -0.917. The molecule has 0 amide bonds. The van der Waals surface area contributed by atoms with Crippen molar-refractivity contribution >= 4 is 16.9 Å². The SMILES string of the molecule is Cc1c(CC(=O)O)nnn1-c1cccc2ncccc12. The summed E-state index contributed by atoms with van der Waals surface area (Å²) in [6.45, 7) is 1.81. The zero-order valence-corrected chi connectivity index (χ0v) is 10.8. The first kappa shape index (κ1) is 12.3. The van der Waals surface area contributed by atoms with E-state index in [1.165, 1.54) is 0 Å². The standard InChI is InChI=1S/C14H12N4O2/c1-9-12(8-14(19)20)16-17-18(9)13-6-2-5-11-10(13)4-3-7-15-11/h2-7H,8H2,1H3,(H,19,20). The minimum Gasteiger partial charge on any atom is -0.481 e. The third-order valence-electron chi connectivity index (χ3n) is 3.16. The molecule has 0 spiro atoms. The fourth-order valence-electron chi connectivity index (χ4n) is 2.17. The molecule has 0 fully saturated rings. The van der Waals surface area contributed by atoms with E-state index in [2.05, 4.69) is 15.3 Å². The van der Waals surface area contributed by atoms with E-state index in [4.69, 9.17) is 5.11 Å². The summed E-state index contributed by atoms with van der Waals surface area (Å²) in [5, 5.41) is 17.8. The van der Waals surface area contributed by atoms with E-state index in [0.717, 1.165) is 22.3 Å². The van der Waals surface area contributed by atoms with Gasteiger partial charge in [-0.05, 0) is 31.2 Å². The molecule has 2 heterocycles. The van der Waals surface area contributed by atoms with Crippen LogP contribution in [0.2, 0.25) is 0 Å². The number of carboxylic acid groups (broad SMARTS) is 1. The average molecular weight is 268 g/mol. The van der Waals surface area contributed by atoms with Crippen molar-refractivity contribution in [1.29, 1.82) is 0 Å². The highest BCUT2D eigenvalue weighted by molar-refractivity contribution is 5.87. The van der Waals surface area contributed by atoms with Crippen molar-refractivity contribution in [2.45, 2.75) is 13.3 Å². The van der Waals surface area contributed by atoms with Crippen molar-refractivity contribution < 1.29 is 9.90 Å². The normalized spacial score (nSPS) is 10.8. The summed E-state index contributed by atoms with van der Waals surface area (Å²) >= 11 is 0. The van der Waals surface area contributed by atoms with Crippen molar-refractivity contribution in [1.82, 2.24) is 20.0 Å². The lowest BCUT2D eigenvalue weighted by molar-refractivity contribution is -0.136. The summed E-state index contributed by atoms with van der Waals surface area (Å²) in [4.78, 5) is 15.1. The van der Waals surface area contributed by atoms with Crippen molar-refractivity contribution in [3.63, 3.8) is 0 Å². The maximum atomic E-state index is 10.8. The van der Waals surface area contributed by atoms with E-state index in [9.17, 15) is 4.79 Å². The Hall–Kier alpha value is -2.76. The Kier molecular flexibility index (Phi) is 2.90. The summed E-state index contributed by atoms with van der Waals surface area (Å²) < 4.78 is 1.66. The number of hydrogen-bond acceptors (Lipinski definition) is 4. The largest absolute Gasteiger partial charge is 0.481 e. The molecule has 6 heteroatoms. The van der Waals surface area contributed by atoms with Crippen molar-refractivity contribution in [3.8, 4) is 5.69 Å². The van der Waals surface area contributed by atoms with E-state index in [-0.39, 0.29) is 6.42 Å². The van der Waals surface area contributed by atoms with Crippen LogP contribution in [0.5, 0.6) is 0 Å². The molecule has 6 nitrogen and oxygen atoms in total. The molecular weight excluding hydrogens is 256 g/mol. The van der Waals surface area contributed by atoms with Gasteiger partial charge in [-0.3, -0.25) is 9.78 Å². The van der Waals surface area contributed by atoms with Gasteiger partial charge in [-0.1, -0.05) is 11.3 Å². The zero-order valence-electron chi connectivity index (χ0n) is 10.8. The number of aromatic nitrogens is 4. The molecule has 0 saturated carbocycles. The molecule has 0 aliphatic rings. The first-order valence-corrected chi connectivity index (χ1v) is 6.14. The molecule has 2 aromatic heterocycles. The molecule has 3 rings (SSSR count). The molecule has 1 N–H and O–H groups in total. The van der Waals surface area contributed by atoms with Crippen LogP contribution in [0.4, 0.5) is 0 Å². The molecule has 0 aliphatic carbocycles. The highest BCUT2D eigenvalue weighted by Crippen LogP contribution is 2.21. The molecule has 1 aromatic carbocycles. The molecule has 0 aliphatic heterocycles. The Balaban J connectivity index is 2.17. The lowest BCUT2D eigenvalue weighted by Gasteiger charge is -2.07. The Labute approximate surface area is 114 Å². The van der Waals surface area contributed by atoms with Crippen molar-refractivity contribution in [2.24, 2.45) is 0 Å². The van der Waals surface area contributed by atoms with Crippen LogP contribution in [-0.4, -0.2) is 31.1 Å². The summed E-state index contributed by atoms with van der Waals surface area (Å²) in [6.07, 6.45) is 1.60. The molecule has 0 saturated heterocycles. The second-order valence-corrected chi connectivity index (χ2v) is 4.45. The molecule has 100 valence electrons. The molecule has 0 atom stereocenters. The van der Waals surface area contributed by atoms with Gasteiger partial charge >= 0.3 is 5.97 Å². The van der Waals surface area contributed by atoms with Crippen molar-refractivity contribution in [2.75, 3.05) is 0 Å². The van der Waals surface area contributed by atoms with Crippen LogP contribution in [0, 0.1) is 6.92 Å². The molecule has 0 bridgehead atoms. The fraction of sp³-hybridized carbons (Fsp3) is 0.143. The summed E-state index contributed by atoms with van der Waals surface area (Å²) in [5.41, 5.74) is 2.90. The third kappa shape index (κ3) is 2.01. The maximum Gasteiger partial charge on any atom is 0.309 e. The van der Waals surface area contributed by atoms with Crippen LogP contribution in [0.1, 0.15) is 11.4 Å². The molecule has 0 radical (unpaired) electrons. The van der Waals surface area contributed by atoms with Gasteiger partial charge in [-0.15, -0.1) is 5.10 Å². The molecular formula is C14H12N4O2. The van der Waals surface area contributed by atoms with E-state index >= 15 is 0 Å². The van der Waals surface area contributed by atoms with Gasteiger partial charge in [0, 0.05) is 11.6 Å². The Bertz CT molecular complexity index is 789. The van der Waals surface area contributed by atoms with E-state index in [1.807, 2.05) is 37.3 Å². The highest BCUT2D eigenvalue weighted by atomic mass is 16.4. The van der Waals surface area contributed by atoms with Gasteiger partial charge in [0.15, 0.2) is 0 Å². The highest BCUT2D eigenvalue weighted by Gasteiger charge is 2.14. The van der Waals surface area contributed by atoms with E-state index in [0.29, 0.717) is 5.69 Å². The van der Waals surface area contributed by atoms with E-state index in [1.54, 1.807) is 10.9 Å². The molecule has 3 aromatic rings. The second-order valence-electron chi connectivity index (χ2n) is 4.45. The predicted octanol–water partition coefficient (Wildman–Crippen LogP) is 1.75. The van der Waals surface area contributed by atoms with E-state index < -0.39 is 5.97 Å². The first-order valence-electron chi connectivity index (χ1n) is 6.14. The maximum absolute atomic E-state index is 10.8. The van der Waals surface area contributed by atoms with Crippen LogP contribution in [0.25, 0.3) is 16.6 Å². The van der Waals surface area contributed by atoms with Crippen LogP contribution in [0.15, 0.2) is 36.5 Å². The topological polar surface area (TPSA) is 80.9 Å². The van der Waals surface area contributed by atoms with Gasteiger partial charge in [0.25, 0.3) is 0 Å². The van der Waals surface area contributed by atoms with Crippen LogP contribution in [-0.2, 0) is 11.2 Å². The molecule has 20 heavy (non-hydrogen) atoms. The predicted molar refractivity (Wildman–Crippen MR) is 72.7 cm³/mol. The van der Waals surface area contributed by atoms with Crippen molar-refractivity contribution in [3.05, 3.63) is 47.9 Å². The summed E-state index contributed by atoms with van der Waals surface area (Å²) in [7, 11) is 0. The second kappa shape index (κ2) is 4.73. The van der Waals surface area contributed by atoms with Crippen LogP contribution < -0.4 is 0 Å². The number of aliphatic carboxylic acids is 1. The average Bonchev–Trinajstić information content (AvgIpc) is 2.79. The van der Waals surface area contributed by atoms with Crippen LogP contribution in [0.3, 0.4) is 0 Å². The van der Waals surface area contributed by atoms with Gasteiger partial charge in [-0.2, -0.15) is 0 Å². The number of fused-ring (bicyclic) bond motifs is 1. The summed E-state index contributed by atoms with van der Waals surface area (Å²) in [5.74, 6) is -0.917. The number of pyridine rings is 1. The van der Waals surface area contributed by atoms with Gasteiger partial charge < -0.3 is 5.11 Å². The molecule has 0 unspecified atom stereocenters. The summed E-state index contributed by atoms with van der Waals surface area (Å²) in [6, 6.07) is 9.54. The number of nitrogens with zero attached hydrogens (tertiary/aromatic N) is 4. The number of benzene rings is 1. The minimum absolute atomic E-state index is 0.130. The van der Waals surface area contributed by atoms with Gasteiger partial charge in [0.2, 0.25) is 0 Å². The smallest absolute Gasteiger partial charge is 0.309 e. The van der Waals surface area contributed by atoms with Gasteiger partial charge in [-0.25, -0.2) is 4.68 Å². The Morgan fingerprint density at radius 3 is 2.95 bits per heavy atom. The lowest BCUT2D eigenvalue weighted by atomic mass is 10.1. The lowest BCUT2D eigenvalue weighted by Crippen LogP contribution is -2.04.